The van der Waals surface area contributed by atoms with Crippen molar-refractivity contribution in [1.82, 2.24) is 9.88 Å². The minimum atomic E-state index is 0.459. The van der Waals surface area contributed by atoms with Crippen LogP contribution >= 0.6 is 0 Å². The summed E-state index contributed by atoms with van der Waals surface area (Å²) in [5.41, 5.74) is 3.01. The number of rotatable bonds is 2. The SMILES string of the molecule is N#Cc1ccc2c(c1)[C@H]1CN(Cc3ccccn3)C[C@@H]1CO2. The number of aromatic nitrogens is 1. The molecule has 0 unspecified atom stereocenters. The lowest BCUT2D eigenvalue weighted by Crippen LogP contribution is -2.25. The standard InChI is InChI=1S/C18H17N3O/c19-8-13-4-5-18-16(7-13)17-11-21(9-14(17)12-22-18)10-15-3-1-2-6-20-15/h1-7,14,17H,9-12H2/t14-,17+/m1/s1. The summed E-state index contributed by atoms with van der Waals surface area (Å²) in [6, 6.07) is 14.0. The molecule has 1 saturated heterocycles. The van der Waals surface area contributed by atoms with E-state index in [1.54, 1.807) is 0 Å². The van der Waals surface area contributed by atoms with Gasteiger partial charge in [0.1, 0.15) is 5.75 Å². The van der Waals surface area contributed by atoms with Gasteiger partial charge in [0.2, 0.25) is 0 Å². The summed E-state index contributed by atoms with van der Waals surface area (Å²) in [5.74, 6) is 1.91. The summed E-state index contributed by atoms with van der Waals surface area (Å²) in [5, 5.41) is 9.12. The molecular formula is C18H17N3O. The van der Waals surface area contributed by atoms with Crippen molar-refractivity contribution in [2.75, 3.05) is 19.7 Å². The molecule has 1 aromatic carbocycles. The van der Waals surface area contributed by atoms with Gasteiger partial charge in [-0.3, -0.25) is 9.88 Å². The fraction of sp³-hybridized carbons (Fsp3) is 0.333. The first-order chi connectivity index (χ1) is 10.8. The van der Waals surface area contributed by atoms with Gasteiger partial charge in [-0.05, 0) is 30.3 Å². The Kier molecular flexibility index (Phi) is 3.28. The Balaban J connectivity index is 1.56. The molecule has 0 bridgehead atoms. The molecule has 0 N–H and O–H groups in total. The van der Waals surface area contributed by atoms with Crippen molar-refractivity contribution in [3.63, 3.8) is 0 Å². The Morgan fingerprint density at radius 2 is 2.23 bits per heavy atom. The Morgan fingerprint density at radius 1 is 1.27 bits per heavy atom. The number of likely N-dealkylation sites (tertiary alicyclic amines) is 1. The van der Waals surface area contributed by atoms with Gasteiger partial charge in [0, 0.05) is 43.2 Å². The average Bonchev–Trinajstić information content (AvgIpc) is 2.98. The Morgan fingerprint density at radius 3 is 3.05 bits per heavy atom. The second-order valence-electron chi connectivity index (χ2n) is 6.06. The van der Waals surface area contributed by atoms with E-state index in [2.05, 4.69) is 22.0 Å². The minimum absolute atomic E-state index is 0.459. The summed E-state index contributed by atoms with van der Waals surface area (Å²) in [6.45, 7) is 3.67. The van der Waals surface area contributed by atoms with Gasteiger partial charge in [-0.15, -0.1) is 0 Å². The zero-order valence-corrected chi connectivity index (χ0v) is 12.3. The van der Waals surface area contributed by atoms with Crippen molar-refractivity contribution in [3.8, 4) is 11.8 Å². The number of ether oxygens (including phenoxy) is 1. The van der Waals surface area contributed by atoms with Crippen LogP contribution in [0.2, 0.25) is 0 Å². The molecule has 4 heteroatoms. The third-order valence-electron chi connectivity index (χ3n) is 4.62. The van der Waals surface area contributed by atoms with E-state index in [9.17, 15) is 0 Å². The number of hydrogen-bond acceptors (Lipinski definition) is 4. The number of nitriles is 1. The molecule has 0 saturated carbocycles. The quantitative estimate of drug-likeness (QED) is 0.853. The first kappa shape index (κ1) is 13.3. The molecule has 4 nitrogen and oxygen atoms in total. The van der Waals surface area contributed by atoms with Crippen molar-refractivity contribution in [3.05, 3.63) is 59.4 Å². The lowest BCUT2D eigenvalue weighted by Gasteiger charge is -2.27. The highest BCUT2D eigenvalue weighted by molar-refractivity contribution is 5.46. The van der Waals surface area contributed by atoms with Crippen molar-refractivity contribution in [1.29, 1.82) is 5.26 Å². The van der Waals surface area contributed by atoms with Gasteiger partial charge < -0.3 is 4.74 Å². The van der Waals surface area contributed by atoms with Crippen molar-refractivity contribution < 1.29 is 4.74 Å². The highest BCUT2D eigenvalue weighted by Gasteiger charge is 2.38. The Bertz CT molecular complexity index is 723. The van der Waals surface area contributed by atoms with Gasteiger partial charge in [0.15, 0.2) is 0 Å². The highest BCUT2D eigenvalue weighted by atomic mass is 16.5. The summed E-state index contributed by atoms with van der Waals surface area (Å²) in [4.78, 5) is 6.85. The number of nitrogens with zero attached hydrogens (tertiary/aromatic N) is 3. The third kappa shape index (κ3) is 2.34. The van der Waals surface area contributed by atoms with E-state index in [0.29, 0.717) is 17.4 Å². The van der Waals surface area contributed by atoms with Crippen molar-refractivity contribution in [2.24, 2.45) is 5.92 Å². The topological polar surface area (TPSA) is 49.2 Å². The Labute approximate surface area is 130 Å². The number of benzene rings is 1. The van der Waals surface area contributed by atoms with Crippen LogP contribution in [0, 0.1) is 17.2 Å². The monoisotopic (exact) mass is 291 g/mol. The molecule has 3 heterocycles. The maximum Gasteiger partial charge on any atom is 0.122 e. The van der Waals surface area contributed by atoms with E-state index >= 15 is 0 Å². The van der Waals surface area contributed by atoms with Gasteiger partial charge in [-0.25, -0.2) is 0 Å². The van der Waals surface area contributed by atoms with E-state index < -0.39 is 0 Å². The molecule has 0 radical (unpaired) electrons. The molecule has 1 fully saturated rings. The van der Waals surface area contributed by atoms with Crippen LogP contribution in [-0.4, -0.2) is 29.6 Å². The molecule has 2 atom stereocenters. The van der Waals surface area contributed by atoms with E-state index in [1.807, 2.05) is 36.5 Å². The van der Waals surface area contributed by atoms with Gasteiger partial charge in [0.05, 0.1) is 23.9 Å². The summed E-state index contributed by atoms with van der Waals surface area (Å²) in [6.07, 6.45) is 1.84. The second-order valence-corrected chi connectivity index (χ2v) is 6.06. The Hall–Kier alpha value is -2.38. The summed E-state index contributed by atoms with van der Waals surface area (Å²) in [7, 11) is 0. The zero-order chi connectivity index (χ0) is 14.9. The van der Waals surface area contributed by atoms with Crippen LogP contribution < -0.4 is 4.74 Å². The van der Waals surface area contributed by atoms with Crippen LogP contribution in [0.5, 0.6) is 5.75 Å². The molecule has 2 aliphatic rings. The van der Waals surface area contributed by atoms with Crippen LogP contribution in [0.4, 0.5) is 0 Å². The van der Waals surface area contributed by atoms with Crippen LogP contribution in [-0.2, 0) is 6.54 Å². The molecule has 2 aliphatic heterocycles. The maximum absolute atomic E-state index is 9.12. The number of fused-ring (bicyclic) bond motifs is 3. The van der Waals surface area contributed by atoms with Gasteiger partial charge in [-0.2, -0.15) is 5.26 Å². The lowest BCUT2D eigenvalue weighted by molar-refractivity contribution is 0.212. The van der Waals surface area contributed by atoms with E-state index in [0.717, 1.165) is 37.7 Å². The van der Waals surface area contributed by atoms with Crippen molar-refractivity contribution >= 4 is 0 Å². The van der Waals surface area contributed by atoms with Gasteiger partial charge >= 0.3 is 0 Å². The molecule has 110 valence electrons. The summed E-state index contributed by atoms with van der Waals surface area (Å²) < 4.78 is 5.88. The van der Waals surface area contributed by atoms with E-state index in [-0.39, 0.29) is 0 Å². The predicted octanol–water partition coefficient (Wildman–Crippen LogP) is 2.56. The molecule has 4 rings (SSSR count). The number of hydrogen-bond donors (Lipinski definition) is 0. The second kappa shape index (κ2) is 5.43. The number of pyridine rings is 1. The minimum Gasteiger partial charge on any atom is -0.493 e. The fourth-order valence-electron chi connectivity index (χ4n) is 3.57. The normalized spacial score (nSPS) is 23.2. The van der Waals surface area contributed by atoms with Crippen molar-refractivity contribution in [2.45, 2.75) is 12.5 Å². The largest absolute Gasteiger partial charge is 0.493 e. The van der Waals surface area contributed by atoms with Gasteiger partial charge in [0.25, 0.3) is 0 Å². The first-order valence-corrected chi connectivity index (χ1v) is 7.62. The smallest absolute Gasteiger partial charge is 0.122 e. The third-order valence-corrected chi connectivity index (χ3v) is 4.62. The molecular weight excluding hydrogens is 274 g/mol. The average molecular weight is 291 g/mol. The van der Waals surface area contributed by atoms with Crippen LogP contribution in [0.15, 0.2) is 42.6 Å². The fourth-order valence-corrected chi connectivity index (χ4v) is 3.57. The van der Waals surface area contributed by atoms with Gasteiger partial charge in [-0.1, -0.05) is 6.07 Å². The summed E-state index contributed by atoms with van der Waals surface area (Å²) >= 11 is 0. The molecule has 0 spiro atoms. The van der Waals surface area contributed by atoms with Crippen LogP contribution in [0.3, 0.4) is 0 Å². The van der Waals surface area contributed by atoms with E-state index in [1.165, 1.54) is 5.56 Å². The van der Waals surface area contributed by atoms with Crippen LogP contribution in [0.25, 0.3) is 0 Å². The lowest BCUT2D eigenvalue weighted by atomic mass is 9.86. The zero-order valence-electron chi connectivity index (χ0n) is 12.3. The molecule has 0 amide bonds. The molecule has 2 aromatic rings. The maximum atomic E-state index is 9.12. The van der Waals surface area contributed by atoms with Crippen LogP contribution in [0.1, 0.15) is 22.7 Å². The molecule has 0 aliphatic carbocycles. The molecule has 22 heavy (non-hydrogen) atoms. The highest BCUT2D eigenvalue weighted by Crippen LogP contribution is 2.42. The first-order valence-electron chi connectivity index (χ1n) is 7.62. The van der Waals surface area contributed by atoms with E-state index in [4.69, 9.17) is 10.00 Å². The molecule has 1 aromatic heterocycles. The predicted molar refractivity (Wildman–Crippen MR) is 82.4 cm³/mol.